The molecule has 1 aromatic heterocycles. The van der Waals surface area contributed by atoms with Crippen LogP contribution in [0.25, 0.3) is 10.8 Å². The quantitative estimate of drug-likeness (QED) is 0.0213. The molecule has 7 aromatic rings. The van der Waals surface area contributed by atoms with Gasteiger partial charge in [0.15, 0.2) is 11.9 Å². The Morgan fingerprint density at radius 1 is 0.524 bits per heavy atom. The third kappa shape index (κ3) is 17.5. The molecule has 17 nitrogen and oxygen atoms in total. The number of carbonyl (C=O) groups excluding carboxylic acids is 4. The van der Waals surface area contributed by atoms with Crippen LogP contribution in [-0.2, 0) is 9.59 Å². The van der Waals surface area contributed by atoms with E-state index in [1.165, 1.54) is 11.1 Å². The van der Waals surface area contributed by atoms with Crippen molar-refractivity contribution in [3.8, 4) is 0 Å². The fraction of sp³-hybridized carbons (Fsp3) is 0.308. The number of pyridine rings is 1. The highest BCUT2D eigenvalue weighted by molar-refractivity contribution is 5.96. The molecule has 426 valence electrons. The van der Waals surface area contributed by atoms with Crippen LogP contribution in [0.4, 0.5) is 0 Å². The Balaban J connectivity index is 0.000000216. The zero-order chi connectivity index (χ0) is 57.5. The smallest absolute Gasteiger partial charge is 0.269 e. The Bertz CT molecular complexity index is 3100. The average molecular weight is 1100 g/mol. The lowest BCUT2D eigenvalue weighted by atomic mass is 9.90. The molecule has 2 saturated heterocycles. The van der Waals surface area contributed by atoms with Gasteiger partial charge < -0.3 is 54.0 Å². The van der Waals surface area contributed by atoms with Crippen molar-refractivity contribution in [3.63, 3.8) is 0 Å². The van der Waals surface area contributed by atoms with Gasteiger partial charge in [-0.25, -0.2) is 0 Å². The summed E-state index contributed by atoms with van der Waals surface area (Å²) >= 11 is 0. The van der Waals surface area contributed by atoms with Crippen LogP contribution in [0.2, 0.25) is 0 Å². The Labute approximate surface area is 481 Å². The topological polar surface area (TPSA) is 265 Å². The van der Waals surface area contributed by atoms with Crippen LogP contribution >= 0.6 is 0 Å². The lowest BCUT2D eigenvalue weighted by Gasteiger charge is -2.29. The number of nitrogens with one attached hydrogen (secondary N) is 4. The van der Waals surface area contributed by atoms with Gasteiger partial charge in [-0.3, -0.25) is 34.1 Å². The molecule has 2 fully saturated rings. The molecule has 0 radical (unpaired) electrons. The number of benzene rings is 6. The van der Waals surface area contributed by atoms with Gasteiger partial charge in [0, 0.05) is 93.4 Å². The van der Waals surface area contributed by atoms with Crippen molar-refractivity contribution >= 4 is 46.3 Å². The summed E-state index contributed by atoms with van der Waals surface area (Å²) in [4.78, 5) is 70.0. The standard InChI is InChI=1S/C34H39N7O2.C31H38N6O2/c35-34(36)37-18-9-16-30-33(43)41(23-29(24-10-3-1-4-11-24)25-12-5-2-6-13-25)19-17-28(40-30)22-39-32(42)31-20-26-14-7-8-15-27(26)21-38-31;32-31(33)34-19-10-17-28-30(39)37(20-18-26(36-28)21-35-29(38)25-15-8-3-9-16-25)22-27(23-11-4-1-5-12-23)24-13-6-2-7-14-24/h1-8,10-15,20-21,28-30,40H,9,16-19,22-23H2,(H,39,42)(H4,35,36,37);1-9,11-16,26-28,36H,10,17-22H2,(H,35,38)(H4,32,33,34)/t28-,30-;26-,28-/m00/s1. The van der Waals surface area contributed by atoms with Crippen molar-refractivity contribution in [1.82, 2.24) is 36.1 Å². The SMILES string of the molecule is NC(N)=NCCC[C@@H]1N[C@H](CNC(=O)c2cc3ccccc3cn2)CCN(CC(c2ccccc2)c2ccccc2)C1=O.NC(N)=NCCC[C@@H]1N[C@H](CNC(=O)c2ccccc2)CCN(CC(c2ccccc2)c2ccccc2)C1=O. The zero-order valence-electron chi connectivity index (χ0n) is 46.4. The molecule has 17 heteroatoms. The number of nitrogens with zero attached hydrogens (tertiary/aromatic N) is 5. The van der Waals surface area contributed by atoms with Crippen LogP contribution in [0, 0.1) is 0 Å². The first-order chi connectivity index (χ1) is 40.0. The summed E-state index contributed by atoms with van der Waals surface area (Å²) in [5, 5.41) is 15.1. The van der Waals surface area contributed by atoms with Gasteiger partial charge in [-0.1, -0.05) is 164 Å². The van der Waals surface area contributed by atoms with E-state index >= 15 is 0 Å². The summed E-state index contributed by atoms with van der Waals surface area (Å²) in [5.74, 6) is -0.0817. The number of aliphatic imine (C=N–C) groups is 2. The van der Waals surface area contributed by atoms with E-state index in [1.807, 2.05) is 125 Å². The van der Waals surface area contributed by atoms with Crippen LogP contribution < -0.4 is 44.2 Å². The molecule has 6 aromatic carbocycles. The van der Waals surface area contributed by atoms with Gasteiger partial charge in [-0.2, -0.15) is 0 Å². The maximum atomic E-state index is 14.0. The van der Waals surface area contributed by atoms with Crippen LogP contribution in [0.5, 0.6) is 0 Å². The summed E-state index contributed by atoms with van der Waals surface area (Å²) in [6.07, 6.45) is 5.61. The third-order valence-electron chi connectivity index (χ3n) is 15.0. The van der Waals surface area contributed by atoms with E-state index in [9.17, 15) is 19.2 Å². The zero-order valence-corrected chi connectivity index (χ0v) is 46.4. The monoisotopic (exact) mass is 1100 g/mol. The van der Waals surface area contributed by atoms with Gasteiger partial charge >= 0.3 is 0 Å². The predicted octanol–water partition coefficient (Wildman–Crippen LogP) is 6.27. The molecule has 82 heavy (non-hydrogen) atoms. The fourth-order valence-electron chi connectivity index (χ4n) is 10.7. The van der Waals surface area contributed by atoms with Crippen LogP contribution in [0.3, 0.4) is 0 Å². The van der Waals surface area contributed by atoms with Crippen LogP contribution in [0.15, 0.2) is 198 Å². The minimum absolute atomic E-state index is 0.0314. The Hall–Kier alpha value is -8.93. The van der Waals surface area contributed by atoms with Gasteiger partial charge in [0.1, 0.15) is 5.69 Å². The third-order valence-corrected chi connectivity index (χ3v) is 15.0. The molecule has 4 atom stereocenters. The van der Waals surface area contributed by atoms with Crippen molar-refractivity contribution in [1.29, 1.82) is 0 Å². The Morgan fingerprint density at radius 3 is 1.32 bits per heavy atom. The molecule has 0 saturated carbocycles. The fourth-order valence-corrected chi connectivity index (χ4v) is 10.7. The number of hydrogen-bond donors (Lipinski definition) is 8. The number of aromatic nitrogens is 1. The second-order valence-electron chi connectivity index (χ2n) is 20.8. The first-order valence-corrected chi connectivity index (χ1v) is 28.4. The van der Waals surface area contributed by atoms with Gasteiger partial charge in [-0.15, -0.1) is 0 Å². The molecule has 3 heterocycles. The van der Waals surface area contributed by atoms with E-state index in [1.54, 1.807) is 24.4 Å². The second kappa shape index (κ2) is 30.6. The van der Waals surface area contributed by atoms with E-state index in [4.69, 9.17) is 22.9 Å². The number of carbonyl (C=O) groups is 4. The normalized spacial score (nSPS) is 17.2. The van der Waals surface area contributed by atoms with Crippen molar-refractivity contribution < 1.29 is 19.2 Å². The van der Waals surface area contributed by atoms with E-state index in [2.05, 4.69) is 84.8 Å². The maximum Gasteiger partial charge on any atom is 0.269 e. The van der Waals surface area contributed by atoms with Crippen molar-refractivity contribution in [2.45, 2.75) is 74.5 Å². The molecule has 0 spiro atoms. The molecular weight excluding hydrogens is 1030 g/mol. The Morgan fingerprint density at radius 2 is 0.902 bits per heavy atom. The molecular formula is C65H77N13O4. The van der Waals surface area contributed by atoms with E-state index in [-0.39, 0.29) is 59.5 Å². The van der Waals surface area contributed by atoms with Gasteiger partial charge in [0.2, 0.25) is 11.8 Å². The van der Waals surface area contributed by atoms with Gasteiger partial charge in [-0.05, 0) is 84.4 Å². The summed E-state index contributed by atoms with van der Waals surface area (Å²) in [6.45, 7) is 4.00. The van der Waals surface area contributed by atoms with Crippen LogP contribution in [0.1, 0.15) is 93.5 Å². The highest BCUT2D eigenvalue weighted by atomic mass is 16.2. The van der Waals surface area contributed by atoms with Crippen molar-refractivity contribution in [3.05, 3.63) is 222 Å². The lowest BCUT2D eigenvalue weighted by molar-refractivity contribution is -0.133. The number of amides is 4. The van der Waals surface area contributed by atoms with Crippen LogP contribution in [-0.4, -0.2) is 127 Å². The number of fused-ring (bicyclic) bond motifs is 1. The molecule has 0 unspecified atom stereocenters. The summed E-state index contributed by atoms with van der Waals surface area (Å²) < 4.78 is 0. The molecule has 0 aliphatic carbocycles. The number of hydrogen-bond acceptors (Lipinski definition) is 9. The largest absolute Gasteiger partial charge is 0.370 e. The van der Waals surface area contributed by atoms with Gasteiger partial charge in [0.05, 0.1) is 12.1 Å². The first-order valence-electron chi connectivity index (χ1n) is 28.4. The van der Waals surface area contributed by atoms with E-state index in [0.29, 0.717) is 95.7 Å². The molecule has 9 rings (SSSR count). The first kappa shape index (κ1) is 59.2. The molecule has 2 aliphatic heterocycles. The second-order valence-corrected chi connectivity index (χ2v) is 20.8. The minimum Gasteiger partial charge on any atom is -0.370 e. The molecule has 4 amide bonds. The predicted molar refractivity (Wildman–Crippen MR) is 326 cm³/mol. The number of nitrogens with two attached hydrogens (primary N) is 4. The summed E-state index contributed by atoms with van der Waals surface area (Å²) in [7, 11) is 0. The number of rotatable bonds is 22. The van der Waals surface area contributed by atoms with E-state index < -0.39 is 12.1 Å². The van der Waals surface area contributed by atoms with Gasteiger partial charge in [0.25, 0.3) is 11.8 Å². The minimum atomic E-state index is -0.426. The maximum absolute atomic E-state index is 14.0. The lowest BCUT2D eigenvalue weighted by Crippen LogP contribution is -2.49. The average Bonchev–Trinajstić information content (AvgIpc) is 3.83. The highest BCUT2D eigenvalue weighted by Gasteiger charge is 2.34. The number of guanidine groups is 2. The Kier molecular flexibility index (Phi) is 22.1. The van der Waals surface area contributed by atoms with E-state index in [0.717, 1.165) is 28.3 Å². The van der Waals surface area contributed by atoms with Crippen molar-refractivity contribution in [2.24, 2.45) is 32.9 Å². The highest BCUT2D eigenvalue weighted by Crippen LogP contribution is 2.29. The summed E-state index contributed by atoms with van der Waals surface area (Å²) in [6, 6.07) is 59.1. The summed E-state index contributed by atoms with van der Waals surface area (Å²) in [5.41, 5.74) is 27.6. The van der Waals surface area contributed by atoms with Crippen molar-refractivity contribution in [2.75, 3.05) is 52.4 Å². The molecule has 0 bridgehead atoms. The molecule has 12 N–H and O–H groups in total. The molecule has 2 aliphatic rings.